The number of hydrogen-bond donors (Lipinski definition) is 0. The highest BCUT2D eigenvalue weighted by Crippen LogP contribution is 2.46. The van der Waals surface area contributed by atoms with Crippen LogP contribution in [-0.4, -0.2) is 29.8 Å². The zero-order valence-electron chi connectivity index (χ0n) is 17.6. The topological polar surface area (TPSA) is 47.9 Å². The van der Waals surface area contributed by atoms with E-state index in [9.17, 15) is 4.21 Å². The molecule has 0 N–H and O–H groups in total. The molecular formula is C23H33NO3S. The van der Waals surface area contributed by atoms with E-state index >= 15 is 0 Å². The maximum Gasteiger partial charge on any atom is 0.205 e. The van der Waals surface area contributed by atoms with Crippen LogP contribution in [0.4, 0.5) is 0 Å². The van der Waals surface area contributed by atoms with Crippen molar-refractivity contribution in [3.63, 3.8) is 0 Å². The molecule has 154 valence electrons. The minimum Gasteiger partial charge on any atom is -0.341 e. The lowest BCUT2D eigenvalue weighted by atomic mass is 9.81. The number of rotatable bonds is 4. The van der Waals surface area contributed by atoms with Gasteiger partial charge in [-0.2, -0.15) is 0 Å². The summed E-state index contributed by atoms with van der Waals surface area (Å²) in [6.07, 6.45) is 7.78. The predicted octanol–water partition coefficient (Wildman–Crippen LogP) is 5.42. The number of allylic oxidation sites excluding steroid dienone is 1. The first-order chi connectivity index (χ1) is 13.3. The van der Waals surface area contributed by atoms with E-state index in [-0.39, 0.29) is 12.0 Å². The van der Waals surface area contributed by atoms with Crippen LogP contribution in [0.15, 0.2) is 62.7 Å². The molecule has 4 nitrogen and oxygen atoms in total. The minimum atomic E-state index is -2.84. The van der Waals surface area contributed by atoms with Crippen molar-refractivity contribution in [2.75, 3.05) is 13.7 Å². The summed E-state index contributed by atoms with van der Waals surface area (Å²) in [6, 6.07) is 9.51. The van der Waals surface area contributed by atoms with Gasteiger partial charge in [0, 0.05) is 19.4 Å². The number of hydrogen-bond acceptors (Lipinski definition) is 4. The Labute approximate surface area is 170 Å². The molecule has 2 heterocycles. The summed E-state index contributed by atoms with van der Waals surface area (Å²) >= 11 is 0. The second-order valence-corrected chi connectivity index (χ2v) is 10.6. The zero-order valence-corrected chi connectivity index (χ0v) is 18.4. The monoisotopic (exact) mass is 403 g/mol. The third-order valence-corrected chi connectivity index (χ3v) is 8.16. The summed E-state index contributed by atoms with van der Waals surface area (Å²) in [7, 11) is -1.20. The maximum atomic E-state index is 14.3. The Morgan fingerprint density at radius 1 is 1.11 bits per heavy atom. The third-order valence-electron chi connectivity index (χ3n) is 5.69. The van der Waals surface area contributed by atoms with E-state index < -0.39 is 15.5 Å². The van der Waals surface area contributed by atoms with Crippen LogP contribution in [-0.2, 0) is 19.2 Å². The van der Waals surface area contributed by atoms with E-state index in [0.717, 1.165) is 6.42 Å². The lowest BCUT2D eigenvalue weighted by molar-refractivity contribution is -0.252. The molecule has 1 aromatic rings. The van der Waals surface area contributed by atoms with E-state index in [4.69, 9.17) is 9.47 Å². The van der Waals surface area contributed by atoms with E-state index in [2.05, 4.69) is 44.2 Å². The van der Waals surface area contributed by atoms with Gasteiger partial charge in [0.2, 0.25) is 5.79 Å². The fourth-order valence-electron chi connectivity index (χ4n) is 4.15. The van der Waals surface area contributed by atoms with Crippen LogP contribution in [0.25, 0.3) is 0 Å². The van der Waals surface area contributed by atoms with Gasteiger partial charge < -0.3 is 9.47 Å². The van der Waals surface area contributed by atoms with Crippen LogP contribution in [0.5, 0.6) is 0 Å². The molecular weight excluding hydrogens is 370 g/mol. The molecule has 2 aliphatic heterocycles. The highest BCUT2D eigenvalue weighted by atomic mass is 32.2. The highest BCUT2D eigenvalue weighted by molar-refractivity contribution is 7.97. The first kappa shape index (κ1) is 21.3. The second-order valence-electron chi connectivity index (χ2n) is 8.27. The summed E-state index contributed by atoms with van der Waals surface area (Å²) in [5.41, 5.74) is 0. The average molecular weight is 404 g/mol. The van der Waals surface area contributed by atoms with Crippen LogP contribution in [0, 0.1) is 17.8 Å². The molecule has 0 amide bonds. The van der Waals surface area contributed by atoms with Crippen molar-refractivity contribution < 1.29 is 13.7 Å². The molecule has 1 unspecified atom stereocenters. The lowest BCUT2D eigenvalue weighted by Gasteiger charge is -2.46. The summed E-state index contributed by atoms with van der Waals surface area (Å²) in [5, 5.41) is 0. The van der Waals surface area contributed by atoms with Gasteiger partial charge in [0.25, 0.3) is 0 Å². The Balaban J connectivity index is 2.23. The average Bonchev–Trinajstić information content (AvgIpc) is 2.93. The summed E-state index contributed by atoms with van der Waals surface area (Å²) < 4.78 is 31.8. The molecule has 0 saturated heterocycles. The fraction of sp³-hybridized carbons (Fsp3) is 0.565. The van der Waals surface area contributed by atoms with Gasteiger partial charge in [-0.05, 0) is 30.4 Å². The molecule has 0 aromatic heterocycles. The van der Waals surface area contributed by atoms with Crippen molar-refractivity contribution in [2.45, 2.75) is 57.3 Å². The van der Waals surface area contributed by atoms with E-state index in [1.807, 2.05) is 36.4 Å². The molecule has 5 heteroatoms. The second kappa shape index (κ2) is 8.52. The minimum absolute atomic E-state index is 0.0122. The Kier molecular flexibility index (Phi) is 6.47. The van der Waals surface area contributed by atoms with E-state index in [1.165, 1.54) is 0 Å². The maximum absolute atomic E-state index is 14.3. The van der Waals surface area contributed by atoms with Gasteiger partial charge in [0.1, 0.15) is 9.73 Å². The highest BCUT2D eigenvalue weighted by Gasteiger charge is 2.50. The zero-order chi connectivity index (χ0) is 20.4. The summed E-state index contributed by atoms with van der Waals surface area (Å²) in [6.45, 7) is 9.19. The van der Waals surface area contributed by atoms with Gasteiger partial charge in [0.15, 0.2) is 0 Å². The molecule has 1 aromatic carbocycles. The molecule has 0 aliphatic carbocycles. The SMILES string of the molecule is CN=S(=O)(C1=C[C@@H](C(C)C)[C@H](C(C)C)O[C@]12CCC=CCO2)c1ccccc1. The van der Waals surface area contributed by atoms with Crippen LogP contribution in [0.2, 0.25) is 0 Å². The molecule has 0 saturated carbocycles. The van der Waals surface area contributed by atoms with E-state index in [1.54, 1.807) is 7.05 Å². The predicted molar refractivity (Wildman–Crippen MR) is 114 cm³/mol. The van der Waals surface area contributed by atoms with Crippen LogP contribution in [0.3, 0.4) is 0 Å². The molecule has 0 fully saturated rings. The largest absolute Gasteiger partial charge is 0.341 e. The van der Waals surface area contributed by atoms with Gasteiger partial charge >= 0.3 is 0 Å². The Morgan fingerprint density at radius 2 is 1.82 bits per heavy atom. The van der Waals surface area contributed by atoms with Gasteiger partial charge in [-0.15, -0.1) is 0 Å². The van der Waals surface area contributed by atoms with Gasteiger partial charge in [0.05, 0.1) is 22.5 Å². The number of benzene rings is 1. The van der Waals surface area contributed by atoms with Gasteiger partial charge in [-0.3, -0.25) is 0 Å². The number of nitrogens with zero attached hydrogens (tertiary/aromatic N) is 1. The first-order valence-electron chi connectivity index (χ1n) is 10.2. The summed E-state index contributed by atoms with van der Waals surface area (Å²) in [4.78, 5) is 1.39. The summed E-state index contributed by atoms with van der Waals surface area (Å²) in [5.74, 6) is -0.157. The Hall–Kier alpha value is -1.43. The Morgan fingerprint density at radius 3 is 2.43 bits per heavy atom. The van der Waals surface area contributed by atoms with Crippen molar-refractivity contribution >= 4 is 9.73 Å². The smallest absolute Gasteiger partial charge is 0.205 e. The van der Waals surface area contributed by atoms with Crippen molar-refractivity contribution in [1.29, 1.82) is 0 Å². The Bertz CT molecular complexity index is 838. The van der Waals surface area contributed by atoms with E-state index in [0.29, 0.717) is 34.7 Å². The standard InChI is InChI=1S/C23H33NO3S/c1-17(2)20-16-21(28(25,24-5)19-12-8-6-9-13-19)23(27-22(20)18(3)4)14-10-7-11-15-26-23/h6-9,11-13,16-18,20,22H,10,14-15H2,1-5H3/t20-,22-,23+,28?/m0/s1. The lowest BCUT2D eigenvalue weighted by Crippen LogP contribution is -2.51. The third kappa shape index (κ3) is 3.85. The van der Waals surface area contributed by atoms with Crippen molar-refractivity contribution in [1.82, 2.24) is 0 Å². The van der Waals surface area contributed by atoms with Crippen LogP contribution >= 0.6 is 0 Å². The quantitative estimate of drug-likeness (QED) is 0.631. The van der Waals surface area contributed by atoms with Gasteiger partial charge in [-0.25, -0.2) is 8.57 Å². The van der Waals surface area contributed by atoms with Crippen molar-refractivity contribution in [3.05, 3.63) is 53.5 Å². The van der Waals surface area contributed by atoms with Crippen LogP contribution in [0.1, 0.15) is 40.5 Å². The normalized spacial score (nSPS) is 30.2. The molecule has 4 atom stereocenters. The van der Waals surface area contributed by atoms with Crippen LogP contribution < -0.4 is 0 Å². The van der Waals surface area contributed by atoms with Crippen molar-refractivity contribution in [2.24, 2.45) is 22.1 Å². The fourth-order valence-corrected chi connectivity index (χ4v) is 6.31. The van der Waals surface area contributed by atoms with Gasteiger partial charge in [-0.1, -0.05) is 64.1 Å². The number of ether oxygens (including phenoxy) is 2. The molecule has 1 spiro atoms. The molecule has 28 heavy (non-hydrogen) atoms. The molecule has 2 aliphatic rings. The molecule has 0 bridgehead atoms. The molecule has 3 rings (SSSR count). The first-order valence-corrected chi connectivity index (χ1v) is 11.7. The van der Waals surface area contributed by atoms with Crippen molar-refractivity contribution in [3.8, 4) is 0 Å². The molecule has 0 radical (unpaired) electrons.